The number of hydrogen-bond donors (Lipinski definition) is 0. The van der Waals surface area contributed by atoms with E-state index in [4.69, 9.17) is 4.74 Å². The summed E-state index contributed by atoms with van der Waals surface area (Å²) in [6.45, 7) is 5.00. The molecule has 172 valence electrons. The summed E-state index contributed by atoms with van der Waals surface area (Å²) in [5, 5.41) is 0. The molecule has 5 aromatic rings. The summed E-state index contributed by atoms with van der Waals surface area (Å²) in [6.07, 6.45) is 3.82. The van der Waals surface area contributed by atoms with Gasteiger partial charge in [0.05, 0.1) is 5.69 Å². The number of aromatic nitrogens is 1. The zero-order chi connectivity index (χ0) is 24.5. The molecule has 37 heavy (non-hydrogen) atoms. The number of fused-ring (bicyclic) bond motifs is 8. The smallest absolute Gasteiger partial charge is 0.251 e. The van der Waals surface area contributed by atoms with E-state index >= 15 is 0 Å². The Labute approximate surface area is 216 Å². The van der Waals surface area contributed by atoms with Gasteiger partial charge >= 0.3 is 0 Å². The Morgan fingerprint density at radius 2 is 1.35 bits per heavy atom. The van der Waals surface area contributed by atoms with E-state index in [0.717, 1.165) is 17.0 Å². The molecule has 0 radical (unpaired) electrons. The van der Waals surface area contributed by atoms with Gasteiger partial charge in [0.2, 0.25) is 6.71 Å². The maximum atomic E-state index is 6.47. The summed E-state index contributed by atoms with van der Waals surface area (Å²) in [4.78, 5) is 7.06. The van der Waals surface area contributed by atoms with Crippen molar-refractivity contribution in [3.05, 3.63) is 108 Å². The monoisotopic (exact) mass is 472 g/mol. The SMILES string of the molecule is CC1(C)c2ccccc2N2c3cccc4c3B(c3cccc5c3B4c3cnccc3O5)c3cccc1c32. The van der Waals surface area contributed by atoms with Gasteiger partial charge in [0.1, 0.15) is 11.5 Å². The molecule has 1 aromatic heterocycles. The molecule has 4 aromatic carbocycles. The van der Waals surface area contributed by atoms with Crippen LogP contribution in [-0.2, 0) is 5.41 Å². The standard InChI is InChI=1S/C32H22B2N2O/c1-32(2)19-8-3-4-13-25(19)36-26-14-6-10-21-29(26)33(23-12-5-9-20(32)31(23)36)22-11-7-15-28-30(22)34(21)24-18-35-17-16-27(24)37-28/h3-18H,1-2H3. The fraction of sp³-hybridized carbons (Fsp3) is 0.0938. The van der Waals surface area contributed by atoms with Gasteiger partial charge in [-0.15, -0.1) is 0 Å². The molecule has 5 heteroatoms. The zero-order valence-corrected chi connectivity index (χ0v) is 20.7. The largest absolute Gasteiger partial charge is 0.458 e. The van der Waals surface area contributed by atoms with Crippen LogP contribution >= 0.6 is 0 Å². The summed E-state index contributed by atoms with van der Waals surface area (Å²) >= 11 is 0. The van der Waals surface area contributed by atoms with Gasteiger partial charge < -0.3 is 9.64 Å². The number of para-hydroxylation sites is 2. The molecule has 0 aliphatic carbocycles. The molecule has 5 heterocycles. The minimum Gasteiger partial charge on any atom is -0.458 e. The lowest BCUT2D eigenvalue weighted by Gasteiger charge is -2.49. The molecule has 0 saturated carbocycles. The third kappa shape index (κ3) is 2.25. The second-order valence-electron chi connectivity index (χ2n) is 11.1. The van der Waals surface area contributed by atoms with Crippen molar-refractivity contribution in [2.24, 2.45) is 0 Å². The van der Waals surface area contributed by atoms with Crippen molar-refractivity contribution in [2.45, 2.75) is 19.3 Å². The highest BCUT2D eigenvalue weighted by atomic mass is 16.5. The van der Waals surface area contributed by atoms with Crippen LogP contribution in [0.15, 0.2) is 97.3 Å². The van der Waals surface area contributed by atoms with E-state index < -0.39 is 0 Å². The minimum absolute atomic E-state index is 0.0887. The first-order valence-electron chi connectivity index (χ1n) is 13.0. The van der Waals surface area contributed by atoms with Crippen molar-refractivity contribution >= 4 is 63.3 Å². The van der Waals surface area contributed by atoms with Crippen molar-refractivity contribution in [2.75, 3.05) is 4.90 Å². The van der Waals surface area contributed by atoms with E-state index in [1.54, 1.807) is 0 Å². The van der Waals surface area contributed by atoms with Crippen LogP contribution in [0.4, 0.5) is 17.1 Å². The van der Waals surface area contributed by atoms with Crippen LogP contribution in [0.5, 0.6) is 11.5 Å². The highest BCUT2D eigenvalue weighted by molar-refractivity contribution is 7.13. The van der Waals surface area contributed by atoms with E-state index in [9.17, 15) is 0 Å². The van der Waals surface area contributed by atoms with Crippen LogP contribution in [-0.4, -0.2) is 18.4 Å². The highest BCUT2D eigenvalue weighted by Gasteiger charge is 2.50. The Hall–Kier alpha value is -4.24. The third-order valence-electron chi connectivity index (χ3n) is 9.09. The summed E-state index contributed by atoms with van der Waals surface area (Å²) in [5.41, 5.74) is 14.5. The molecule has 0 atom stereocenters. The molecule has 0 amide bonds. The van der Waals surface area contributed by atoms with Gasteiger partial charge in [-0.25, -0.2) is 0 Å². The molecule has 3 nitrogen and oxygen atoms in total. The molecule has 0 fully saturated rings. The van der Waals surface area contributed by atoms with Gasteiger partial charge in [-0.2, -0.15) is 0 Å². The van der Waals surface area contributed by atoms with Crippen LogP contribution in [0.3, 0.4) is 0 Å². The first-order valence-corrected chi connectivity index (χ1v) is 13.0. The van der Waals surface area contributed by atoms with Gasteiger partial charge in [-0.1, -0.05) is 85.4 Å². The van der Waals surface area contributed by atoms with Crippen LogP contribution in [0.1, 0.15) is 25.0 Å². The average molecular weight is 472 g/mol. The Bertz CT molecular complexity index is 1830. The number of ether oxygens (including phenoxy) is 1. The first kappa shape index (κ1) is 19.9. The number of benzene rings is 4. The Morgan fingerprint density at radius 3 is 2.27 bits per heavy atom. The molecule has 0 spiro atoms. The Kier molecular flexibility index (Phi) is 3.52. The van der Waals surface area contributed by atoms with Gasteiger partial charge in [-0.05, 0) is 57.2 Å². The predicted molar refractivity (Wildman–Crippen MR) is 153 cm³/mol. The number of rotatable bonds is 0. The van der Waals surface area contributed by atoms with Crippen molar-refractivity contribution in [1.29, 1.82) is 0 Å². The van der Waals surface area contributed by atoms with Crippen LogP contribution in [0.2, 0.25) is 0 Å². The van der Waals surface area contributed by atoms with Crippen LogP contribution in [0.25, 0.3) is 0 Å². The second-order valence-corrected chi connectivity index (χ2v) is 11.1. The molecular formula is C32H22B2N2O. The molecule has 4 aliphatic rings. The second kappa shape index (κ2) is 6.54. The van der Waals surface area contributed by atoms with E-state index in [0.29, 0.717) is 0 Å². The fourth-order valence-electron chi connectivity index (χ4n) is 7.58. The lowest BCUT2D eigenvalue weighted by molar-refractivity contribution is 0.487. The van der Waals surface area contributed by atoms with Crippen molar-refractivity contribution in [3.63, 3.8) is 0 Å². The van der Waals surface area contributed by atoms with E-state index in [2.05, 4.69) is 103 Å². The van der Waals surface area contributed by atoms with E-state index in [1.807, 2.05) is 18.5 Å². The topological polar surface area (TPSA) is 25.4 Å². The summed E-state index contributed by atoms with van der Waals surface area (Å²) < 4.78 is 6.47. The van der Waals surface area contributed by atoms with Gasteiger partial charge in [-0.3, -0.25) is 4.98 Å². The number of anilines is 3. The number of hydrogen-bond acceptors (Lipinski definition) is 3. The predicted octanol–water partition coefficient (Wildman–Crippen LogP) is 2.96. The lowest BCUT2D eigenvalue weighted by Crippen LogP contribution is -2.77. The van der Waals surface area contributed by atoms with E-state index in [1.165, 1.54) is 55.5 Å². The number of nitrogens with zero attached hydrogens (tertiary/aromatic N) is 2. The summed E-state index contributed by atoms with van der Waals surface area (Å²) in [5.74, 6) is 1.87. The van der Waals surface area contributed by atoms with Crippen molar-refractivity contribution in [3.8, 4) is 11.5 Å². The average Bonchev–Trinajstić information content (AvgIpc) is 2.93. The van der Waals surface area contributed by atoms with Gasteiger partial charge in [0.25, 0.3) is 6.71 Å². The summed E-state index contributed by atoms with van der Waals surface area (Å²) in [7, 11) is 0. The zero-order valence-electron chi connectivity index (χ0n) is 20.7. The lowest BCUT2D eigenvalue weighted by atomic mass is 9.20. The number of pyridine rings is 1. The molecule has 0 saturated heterocycles. The highest BCUT2D eigenvalue weighted by Crippen LogP contribution is 2.52. The molecular weight excluding hydrogens is 450 g/mol. The Morgan fingerprint density at radius 1 is 0.649 bits per heavy atom. The third-order valence-corrected chi connectivity index (χ3v) is 9.09. The minimum atomic E-state index is -0.0887. The summed E-state index contributed by atoms with van der Waals surface area (Å²) in [6, 6.07) is 31.3. The quantitative estimate of drug-likeness (QED) is 0.318. The van der Waals surface area contributed by atoms with Crippen molar-refractivity contribution < 1.29 is 4.74 Å². The van der Waals surface area contributed by atoms with Gasteiger partial charge in [0, 0.05) is 29.2 Å². The van der Waals surface area contributed by atoms with Gasteiger partial charge in [0.15, 0.2) is 0 Å². The Balaban J connectivity index is 1.44. The molecule has 4 aliphatic heterocycles. The molecule has 9 rings (SSSR count). The first-order chi connectivity index (χ1) is 18.1. The fourth-order valence-corrected chi connectivity index (χ4v) is 7.58. The molecule has 0 unspecified atom stereocenters. The molecule has 0 bridgehead atoms. The maximum absolute atomic E-state index is 6.47. The van der Waals surface area contributed by atoms with Crippen LogP contribution < -0.4 is 42.4 Å². The van der Waals surface area contributed by atoms with Crippen LogP contribution in [0, 0.1) is 0 Å². The van der Waals surface area contributed by atoms with Crippen molar-refractivity contribution in [1.82, 2.24) is 4.98 Å². The maximum Gasteiger partial charge on any atom is 0.251 e. The molecule has 0 N–H and O–H groups in total. The van der Waals surface area contributed by atoms with E-state index in [-0.39, 0.29) is 18.8 Å². The normalized spacial score (nSPS) is 16.1.